The van der Waals surface area contributed by atoms with Crippen molar-refractivity contribution >= 4 is 23.5 Å². The van der Waals surface area contributed by atoms with Crippen LogP contribution < -0.4 is 5.32 Å². The van der Waals surface area contributed by atoms with E-state index in [-0.39, 0.29) is 5.92 Å². The zero-order valence-corrected chi connectivity index (χ0v) is 12.8. The number of nitrogens with zero attached hydrogens (tertiary/aromatic N) is 2. The van der Waals surface area contributed by atoms with Gasteiger partial charge >= 0.3 is 0 Å². The molecular weight excluding hydrogens is 266 g/mol. The summed E-state index contributed by atoms with van der Waals surface area (Å²) in [5.41, 5.74) is 0. The van der Waals surface area contributed by atoms with Crippen molar-refractivity contribution in [3.8, 4) is 0 Å². The van der Waals surface area contributed by atoms with E-state index in [2.05, 4.69) is 36.2 Å². The van der Waals surface area contributed by atoms with Gasteiger partial charge in [0.25, 0.3) is 0 Å². The number of hydrogen-bond acceptors (Lipinski definition) is 6. The minimum absolute atomic E-state index is 0.280. The van der Waals surface area contributed by atoms with Crippen LogP contribution in [0.5, 0.6) is 0 Å². The average molecular weight is 287 g/mol. The summed E-state index contributed by atoms with van der Waals surface area (Å²) in [7, 11) is 0. The standard InChI is InChI=1S/C12H21N3OS2/c1-4-13-7-8(2)12-14-11(15-16-12)10-9(3)17-5-6-18-10/h8-10,13H,4-7H2,1-3H3. The molecule has 0 saturated carbocycles. The van der Waals surface area contributed by atoms with E-state index in [1.165, 1.54) is 11.5 Å². The molecule has 1 aliphatic rings. The van der Waals surface area contributed by atoms with Crippen LogP contribution in [0.1, 0.15) is 43.7 Å². The molecule has 2 rings (SSSR count). The predicted octanol–water partition coefficient (Wildman–Crippen LogP) is 2.69. The minimum Gasteiger partial charge on any atom is -0.339 e. The average Bonchev–Trinajstić information content (AvgIpc) is 2.86. The van der Waals surface area contributed by atoms with Crippen LogP contribution in [0, 0.1) is 0 Å². The Morgan fingerprint density at radius 2 is 2.22 bits per heavy atom. The molecular formula is C12H21N3OS2. The largest absolute Gasteiger partial charge is 0.339 e. The summed E-state index contributed by atoms with van der Waals surface area (Å²) >= 11 is 3.94. The smallest absolute Gasteiger partial charge is 0.230 e. The van der Waals surface area contributed by atoms with E-state index in [0.29, 0.717) is 10.5 Å². The normalized spacial score (nSPS) is 26.2. The summed E-state index contributed by atoms with van der Waals surface area (Å²) in [4.78, 5) is 4.59. The first kappa shape index (κ1) is 14.2. The van der Waals surface area contributed by atoms with E-state index >= 15 is 0 Å². The quantitative estimate of drug-likeness (QED) is 0.898. The van der Waals surface area contributed by atoms with Crippen molar-refractivity contribution in [2.24, 2.45) is 0 Å². The molecule has 0 aromatic carbocycles. The van der Waals surface area contributed by atoms with Crippen LogP contribution in [0.15, 0.2) is 4.52 Å². The van der Waals surface area contributed by atoms with E-state index in [9.17, 15) is 0 Å². The summed E-state index contributed by atoms with van der Waals surface area (Å²) in [6, 6.07) is 0. The highest BCUT2D eigenvalue weighted by atomic mass is 32.2. The molecule has 0 aliphatic carbocycles. The Hall–Kier alpha value is -0.200. The van der Waals surface area contributed by atoms with Crippen molar-refractivity contribution in [1.29, 1.82) is 0 Å². The van der Waals surface area contributed by atoms with E-state index in [0.717, 1.165) is 24.8 Å². The third-order valence-corrected chi connectivity index (χ3v) is 6.11. The van der Waals surface area contributed by atoms with Crippen LogP contribution in [0.3, 0.4) is 0 Å². The van der Waals surface area contributed by atoms with E-state index in [4.69, 9.17) is 4.52 Å². The number of aromatic nitrogens is 2. The first-order valence-electron chi connectivity index (χ1n) is 6.49. The maximum atomic E-state index is 5.40. The Labute approximate surface area is 117 Å². The lowest BCUT2D eigenvalue weighted by Gasteiger charge is -2.24. The maximum Gasteiger partial charge on any atom is 0.230 e. The monoisotopic (exact) mass is 287 g/mol. The Morgan fingerprint density at radius 1 is 1.44 bits per heavy atom. The van der Waals surface area contributed by atoms with Gasteiger partial charge < -0.3 is 9.84 Å². The topological polar surface area (TPSA) is 51.0 Å². The molecule has 0 radical (unpaired) electrons. The predicted molar refractivity (Wildman–Crippen MR) is 78.4 cm³/mol. The molecule has 6 heteroatoms. The molecule has 0 spiro atoms. The fourth-order valence-corrected chi connectivity index (χ4v) is 4.61. The first-order valence-corrected chi connectivity index (χ1v) is 8.59. The van der Waals surface area contributed by atoms with Crippen molar-refractivity contribution in [2.45, 2.75) is 37.2 Å². The number of rotatable bonds is 5. The van der Waals surface area contributed by atoms with Crippen LogP contribution in [-0.4, -0.2) is 40.0 Å². The van der Waals surface area contributed by atoms with E-state index in [1.54, 1.807) is 0 Å². The molecule has 1 aliphatic heterocycles. The van der Waals surface area contributed by atoms with Crippen LogP contribution in [0.2, 0.25) is 0 Å². The number of nitrogens with one attached hydrogen (secondary N) is 1. The van der Waals surface area contributed by atoms with Gasteiger partial charge in [-0.2, -0.15) is 16.7 Å². The number of thioether (sulfide) groups is 2. The molecule has 4 nitrogen and oxygen atoms in total. The lowest BCUT2D eigenvalue weighted by Crippen LogP contribution is -2.20. The van der Waals surface area contributed by atoms with Gasteiger partial charge in [-0.3, -0.25) is 0 Å². The summed E-state index contributed by atoms with van der Waals surface area (Å²) < 4.78 is 5.40. The molecule has 0 amide bonds. The van der Waals surface area contributed by atoms with Crippen molar-refractivity contribution in [3.63, 3.8) is 0 Å². The van der Waals surface area contributed by atoms with Crippen molar-refractivity contribution in [3.05, 3.63) is 11.7 Å². The van der Waals surface area contributed by atoms with Crippen LogP contribution >= 0.6 is 23.5 Å². The van der Waals surface area contributed by atoms with Crippen LogP contribution in [0.25, 0.3) is 0 Å². The third kappa shape index (κ3) is 3.42. The van der Waals surface area contributed by atoms with Gasteiger partial charge in [-0.05, 0) is 6.54 Å². The molecule has 1 aromatic rings. The van der Waals surface area contributed by atoms with Gasteiger partial charge in [0.05, 0.1) is 5.25 Å². The Balaban J connectivity index is 2.00. The lowest BCUT2D eigenvalue weighted by molar-refractivity contribution is 0.351. The van der Waals surface area contributed by atoms with Gasteiger partial charge in [-0.25, -0.2) is 0 Å². The summed E-state index contributed by atoms with van der Waals surface area (Å²) in [5.74, 6) is 4.32. The molecule has 1 N–H and O–H groups in total. The van der Waals surface area contributed by atoms with Gasteiger partial charge in [-0.1, -0.05) is 25.9 Å². The fraction of sp³-hybridized carbons (Fsp3) is 0.833. The molecule has 1 aromatic heterocycles. The molecule has 1 saturated heterocycles. The number of hydrogen-bond donors (Lipinski definition) is 1. The second-order valence-electron chi connectivity index (χ2n) is 4.57. The van der Waals surface area contributed by atoms with Crippen molar-refractivity contribution in [1.82, 2.24) is 15.5 Å². The van der Waals surface area contributed by atoms with Gasteiger partial charge in [0.2, 0.25) is 5.89 Å². The zero-order chi connectivity index (χ0) is 13.0. The first-order chi connectivity index (χ1) is 8.72. The van der Waals surface area contributed by atoms with Gasteiger partial charge in [0, 0.05) is 29.2 Å². The molecule has 18 heavy (non-hydrogen) atoms. The molecule has 2 heterocycles. The third-order valence-electron chi connectivity index (χ3n) is 3.02. The Morgan fingerprint density at radius 3 is 2.94 bits per heavy atom. The summed E-state index contributed by atoms with van der Waals surface area (Å²) in [5, 5.41) is 8.43. The van der Waals surface area contributed by atoms with Crippen LogP contribution in [-0.2, 0) is 0 Å². The highest BCUT2D eigenvalue weighted by molar-refractivity contribution is 8.06. The summed E-state index contributed by atoms with van der Waals surface area (Å²) in [6.45, 7) is 8.33. The van der Waals surface area contributed by atoms with Gasteiger partial charge in [-0.15, -0.1) is 11.8 Å². The second kappa shape index (κ2) is 6.82. The number of likely N-dealkylation sites (N-methyl/N-ethyl adjacent to an activating group) is 1. The molecule has 102 valence electrons. The Kier molecular flexibility index (Phi) is 5.38. The van der Waals surface area contributed by atoms with E-state index < -0.39 is 0 Å². The maximum absolute atomic E-state index is 5.40. The molecule has 3 unspecified atom stereocenters. The SMILES string of the molecule is CCNCC(C)c1nc(C2SCCSC2C)no1. The Bertz CT molecular complexity index is 372. The fourth-order valence-electron chi connectivity index (χ4n) is 1.93. The van der Waals surface area contributed by atoms with Crippen molar-refractivity contribution in [2.75, 3.05) is 24.6 Å². The van der Waals surface area contributed by atoms with Crippen LogP contribution in [0.4, 0.5) is 0 Å². The van der Waals surface area contributed by atoms with E-state index in [1.807, 2.05) is 23.5 Å². The molecule has 1 fully saturated rings. The van der Waals surface area contributed by atoms with Crippen molar-refractivity contribution < 1.29 is 4.52 Å². The van der Waals surface area contributed by atoms with Gasteiger partial charge in [0.1, 0.15) is 0 Å². The summed E-state index contributed by atoms with van der Waals surface area (Å²) in [6.07, 6.45) is 0. The second-order valence-corrected chi connectivity index (χ2v) is 7.30. The lowest BCUT2D eigenvalue weighted by atomic mass is 10.2. The minimum atomic E-state index is 0.280. The molecule has 3 atom stereocenters. The highest BCUT2D eigenvalue weighted by Gasteiger charge is 2.29. The zero-order valence-electron chi connectivity index (χ0n) is 11.2. The highest BCUT2D eigenvalue weighted by Crippen LogP contribution is 2.41. The molecule has 0 bridgehead atoms. The van der Waals surface area contributed by atoms with Gasteiger partial charge in [0.15, 0.2) is 5.82 Å².